The van der Waals surface area contributed by atoms with E-state index in [1.807, 2.05) is 11.2 Å². The van der Waals surface area contributed by atoms with E-state index in [0.717, 1.165) is 44.8 Å². The van der Waals surface area contributed by atoms with Crippen molar-refractivity contribution in [1.82, 2.24) is 15.0 Å². The van der Waals surface area contributed by atoms with Gasteiger partial charge >= 0.3 is 0 Å². The minimum Gasteiger partial charge on any atom is -0.392 e. The molecule has 0 radical (unpaired) electrons. The van der Waals surface area contributed by atoms with Gasteiger partial charge in [-0.25, -0.2) is 15.0 Å². The minimum absolute atomic E-state index is 0.256. The molecule has 0 amide bonds. The number of ether oxygens (including phenoxy) is 1. The highest BCUT2D eigenvalue weighted by Crippen LogP contribution is 2.44. The van der Waals surface area contributed by atoms with Crippen LogP contribution in [0, 0.1) is 5.92 Å². The third kappa shape index (κ3) is 5.18. The number of hydrogen-bond donors (Lipinski definition) is 2. The van der Waals surface area contributed by atoms with Gasteiger partial charge in [-0.2, -0.15) is 0 Å². The largest absolute Gasteiger partial charge is 0.392 e. The molecule has 0 spiro atoms. The van der Waals surface area contributed by atoms with Crippen molar-refractivity contribution in [1.29, 1.82) is 0 Å². The molecule has 9 heteroatoms. The SMILES string of the molecule is CSc1nc(N(C[C@@H](C)O)C[C@@H](C)O)c2sc3nc(CC(C)C)c4c(c3c2n1)CC(C)(C)OC4. The number of thiophene rings is 1. The van der Waals surface area contributed by atoms with Crippen molar-refractivity contribution >= 4 is 49.3 Å². The molecule has 2 atom stereocenters. The van der Waals surface area contributed by atoms with Gasteiger partial charge in [0.2, 0.25) is 0 Å². The van der Waals surface area contributed by atoms with Gasteiger partial charge in [-0.15, -0.1) is 11.3 Å². The summed E-state index contributed by atoms with van der Waals surface area (Å²) < 4.78 is 7.16. The minimum atomic E-state index is -0.558. The van der Waals surface area contributed by atoms with Gasteiger partial charge in [-0.05, 0) is 51.9 Å². The Morgan fingerprint density at radius 3 is 2.32 bits per heavy atom. The lowest BCUT2D eigenvalue weighted by Gasteiger charge is -2.33. The maximum Gasteiger partial charge on any atom is 0.189 e. The molecule has 1 aliphatic heterocycles. The van der Waals surface area contributed by atoms with Gasteiger partial charge in [0, 0.05) is 36.2 Å². The number of pyridine rings is 1. The van der Waals surface area contributed by atoms with E-state index >= 15 is 0 Å². The highest BCUT2D eigenvalue weighted by Gasteiger charge is 2.32. The molecule has 0 unspecified atom stereocenters. The fourth-order valence-corrected chi connectivity index (χ4v) is 6.20. The van der Waals surface area contributed by atoms with E-state index in [1.54, 1.807) is 25.2 Å². The summed E-state index contributed by atoms with van der Waals surface area (Å²) in [7, 11) is 0. The van der Waals surface area contributed by atoms with Crippen LogP contribution in [-0.2, 0) is 24.2 Å². The van der Waals surface area contributed by atoms with Crippen molar-refractivity contribution in [3.05, 3.63) is 16.8 Å². The van der Waals surface area contributed by atoms with Crippen LogP contribution >= 0.6 is 23.1 Å². The first-order chi connectivity index (χ1) is 16.0. The number of hydrogen-bond acceptors (Lipinski definition) is 9. The Kier molecular flexibility index (Phi) is 7.41. The number of thioether (sulfide) groups is 1. The number of nitrogens with zero attached hydrogens (tertiary/aromatic N) is 4. The number of rotatable bonds is 8. The molecule has 0 saturated carbocycles. The van der Waals surface area contributed by atoms with Crippen LogP contribution in [0.4, 0.5) is 5.82 Å². The zero-order valence-electron chi connectivity index (χ0n) is 21.2. The lowest BCUT2D eigenvalue weighted by atomic mass is 9.88. The van der Waals surface area contributed by atoms with Crippen LogP contribution in [0.1, 0.15) is 58.4 Å². The lowest BCUT2D eigenvalue weighted by molar-refractivity contribution is -0.0402. The molecule has 0 bridgehead atoms. The number of aliphatic hydroxyl groups excluding tert-OH is 2. The molecule has 0 aromatic carbocycles. The summed E-state index contributed by atoms with van der Waals surface area (Å²) in [5.41, 5.74) is 4.26. The first-order valence-corrected chi connectivity index (χ1v) is 14.0. The van der Waals surface area contributed by atoms with Crippen molar-refractivity contribution < 1.29 is 14.9 Å². The molecule has 3 aromatic heterocycles. The quantitative estimate of drug-likeness (QED) is 0.340. The molecule has 3 aromatic rings. The zero-order chi connectivity index (χ0) is 24.8. The molecule has 0 aliphatic carbocycles. The first-order valence-electron chi connectivity index (χ1n) is 11.9. The van der Waals surface area contributed by atoms with Gasteiger partial charge in [-0.1, -0.05) is 25.6 Å². The highest BCUT2D eigenvalue weighted by atomic mass is 32.2. The van der Waals surface area contributed by atoms with Gasteiger partial charge in [0.05, 0.1) is 34.6 Å². The Morgan fingerprint density at radius 2 is 1.74 bits per heavy atom. The van der Waals surface area contributed by atoms with Gasteiger partial charge < -0.3 is 19.8 Å². The highest BCUT2D eigenvalue weighted by molar-refractivity contribution is 7.98. The van der Waals surface area contributed by atoms with E-state index in [9.17, 15) is 10.2 Å². The molecule has 1 aliphatic rings. The van der Waals surface area contributed by atoms with Crippen LogP contribution in [0.5, 0.6) is 0 Å². The van der Waals surface area contributed by atoms with E-state index in [4.69, 9.17) is 19.7 Å². The second-order valence-corrected chi connectivity index (χ2v) is 12.2. The first kappa shape index (κ1) is 25.6. The summed E-state index contributed by atoms with van der Waals surface area (Å²) in [6, 6.07) is 0. The van der Waals surface area contributed by atoms with Crippen molar-refractivity contribution in [2.45, 2.75) is 84.0 Å². The fraction of sp³-hybridized carbons (Fsp3) is 0.640. The van der Waals surface area contributed by atoms with E-state index in [0.29, 0.717) is 30.8 Å². The third-order valence-corrected chi connectivity index (χ3v) is 7.61. The predicted octanol–water partition coefficient (Wildman–Crippen LogP) is 4.58. The van der Waals surface area contributed by atoms with E-state index in [2.05, 4.69) is 27.7 Å². The molecule has 0 fully saturated rings. The molecular formula is C25H36N4O3S2. The summed E-state index contributed by atoms with van der Waals surface area (Å²) >= 11 is 3.11. The van der Waals surface area contributed by atoms with Crippen LogP contribution in [0.15, 0.2) is 5.16 Å². The fourth-order valence-electron chi connectivity index (χ4n) is 4.65. The van der Waals surface area contributed by atoms with Gasteiger partial charge in [0.25, 0.3) is 0 Å². The van der Waals surface area contributed by atoms with Crippen LogP contribution in [0.2, 0.25) is 0 Å². The number of anilines is 1. The van der Waals surface area contributed by atoms with Gasteiger partial charge in [-0.3, -0.25) is 0 Å². The number of fused-ring (bicyclic) bond motifs is 5. The van der Waals surface area contributed by atoms with Crippen LogP contribution in [0.25, 0.3) is 20.4 Å². The monoisotopic (exact) mass is 504 g/mol. The van der Waals surface area contributed by atoms with Gasteiger partial charge in [0.1, 0.15) is 4.83 Å². The Morgan fingerprint density at radius 1 is 1.06 bits per heavy atom. The summed E-state index contributed by atoms with van der Waals surface area (Å²) in [5.74, 6) is 1.24. The zero-order valence-corrected chi connectivity index (χ0v) is 22.8. The van der Waals surface area contributed by atoms with Crippen LogP contribution in [-0.4, -0.2) is 62.3 Å². The Labute approximate surface area is 210 Å². The predicted molar refractivity (Wildman–Crippen MR) is 141 cm³/mol. The maximum absolute atomic E-state index is 10.2. The Hall–Kier alpha value is -1.52. The normalized spacial score (nSPS) is 17.4. The topological polar surface area (TPSA) is 91.6 Å². The smallest absolute Gasteiger partial charge is 0.189 e. The van der Waals surface area contributed by atoms with Crippen molar-refractivity contribution in [2.24, 2.45) is 5.92 Å². The average molecular weight is 505 g/mol. The molecule has 4 rings (SSSR count). The second-order valence-electron chi connectivity index (χ2n) is 10.4. The third-order valence-electron chi connectivity index (χ3n) is 5.99. The van der Waals surface area contributed by atoms with Crippen LogP contribution < -0.4 is 4.90 Å². The summed E-state index contributed by atoms with van der Waals surface area (Å²) in [6.07, 6.45) is 2.56. The summed E-state index contributed by atoms with van der Waals surface area (Å²) in [6.45, 7) is 13.5. The molecule has 2 N–H and O–H groups in total. The second kappa shape index (κ2) is 9.85. The van der Waals surface area contributed by atoms with E-state index in [-0.39, 0.29) is 5.60 Å². The molecule has 34 heavy (non-hydrogen) atoms. The summed E-state index contributed by atoms with van der Waals surface area (Å²) in [4.78, 5) is 17.9. The molecule has 0 saturated heterocycles. The standard InChI is InChI=1S/C25H36N4O3S2/c1-13(2)8-18-17-12-32-25(5,6)9-16(17)19-20-21(34-23(19)26-18)22(28-24(27-20)33-7)29(10-14(3)30)11-15(4)31/h13-15,30-31H,8-12H2,1-7H3/t14-,15-/m1/s1. The molecule has 4 heterocycles. The molecule has 7 nitrogen and oxygen atoms in total. The lowest BCUT2D eigenvalue weighted by Crippen LogP contribution is -2.37. The molecular weight excluding hydrogens is 468 g/mol. The number of aliphatic hydroxyl groups is 2. The van der Waals surface area contributed by atoms with Crippen molar-refractivity contribution in [3.63, 3.8) is 0 Å². The van der Waals surface area contributed by atoms with E-state index < -0.39 is 12.2 Å². The van der Waals surface area contributed by atoms with Crippen LogP contribution in [0.3, 0.4) is 0 Å². The number of aromatic nitrogens is 3. The van der Waals surface area contributed by atoms with E-state index in [1.165, 1.54) is 22.9 Å². The van der Waals surface area contributed by atoms with Gasteiger partial charge in [0.15, 0.2) is 11.0 Å². The van der Waals surface area contributed by atoms with Crippen molar-refractivity contribution in [2.75, 3.05) is 24.2 Å². The Balaban J connectivity index is 2.03. The van der Waals surface area contributed by atoms with Crippen molar-refractivity contribution in [3.8, 4) is 0 Å². The maximum atomic E-state index is 10.2. The average Bonchev–Trinajstić information content (AvgIpc) is 3.08. The summed E-state index contributed by atoms with van der Waals surface area (Å²) in [5, 5.41) is 22.1. The molecule has 186 valence electrons. The Bertz CT molecular complexity index is 1180.